The number of guanidine groups is 6. The predicted molar refractivity (Wildman–Crippen MR) is 162 cm³/mol. The third-order valence-corrected chi connectivity index (χ3v) is 6.77. The van der Waals surface area contributed by atoms with Gasteiger partial charge in [-0.3, -0.25) is 25.6 Å². The van der Waals surface area contributed by atoms with Crippen molar-refractivity contribution in [1.29, 1.82) is 0 Å². The molecule has 5 rings (SSSR count). The fourth-order valence-corrected chi connectivity index (χ4v) is 4.86. The van der Waals surface area contributed by atoms with Crippen LogP contribution in [0.25, 0.3) is 0 Å². The van der Waals surface area contributed by atoms with E-state index in [-0.39, 0.29) is 41.9 Å². The Morgan fingerprint density at radius 3 is 2.05 bits per heavy atom. The van der Waals surface area contributed by atoms with Gasteiger partial charge in [-0.25, -0.2) is 4.99 Å². The molecule has 0 saturated heterocycles. The van der Waals surface area contributed by atoms with Gasteiger partial charge < -0.3 is 67.2 Å². The van der Waals surface area contributed by atoms with Crippen molar-refractivity contribution in [2.75, 3.05) is 25.4 Å². The molecule has 0 aromatic carbocycles. The first-order chi connectivity index (χ1) is 20.0. The molecule has 25 N–H and O–H groups in total. The van der Waals surface area contributed by atoms with E-state index in [9.17, 15) is 0 Å². The van der Waals surface area contributed by atoms with Gasteiger partial charge in [0.2, 0.25) is 0 Å². The maximum Gasteiger partial charge on any atom is 0.301 e. The van der Waals surface area contributed by atoms with E-state index in [0.29, 0.717) is 49.3 Å². The fourth-order valence-electron chi connectivity index (χ4n) is 4.86. The average molecular weight is 585 g/mol. The molecule has 0 bridgehead atoms. The first-order valence-electron chi connectivity index (χ1n) is 13.0. The summed E-state index contributed by atoms with van der Waals surface area (Å²) in [5.41, 5.74) is 52.9. The highest BCUT2D eigenvalue weighted by molar-refractivity contribution is 5.83. The molecule has 0 saturated carbocycles. The lowest BCUT2D eigenvalue weighted by molar-refractivity contribution is -0.460. The Kier molecular flexibility index (Phi) is 8.97. The van der Waals surface area contributed by atoms with E-state index >= 15 is 0 Å². The van der Waals surface area contributed by atoms with Crippen LogP contribution >= 0.6 is 0 Å². The molecular formula is C22H40N20+2. The van der Waals surface area contributed by atoms with Gasteiger partial charge >= 0.3 is 11.9 Å². The Morgan fingerprint density at radius 2 is 1.52 bits per heavy atom. The Morgan fingerprint density at radius 1 is 0.881 bits per heavy atom. The van der Waals surface area contributed by atoms with Gasteiger partial charge in [0, 0.05) is 6.20 Å². The first kappa shape index (κ1) is 29.5. The lowest BCUT2D eigenvalue weighted by atomic mass is 9.88. The van der Waals surface area contributed by atoms with E-state index in [0.717, 1.165) is 17.0 Å². The second-order valence-corrected chi connectivity index (χ2v) is 9.82. The largest absolute Gasteiger partial charge is 0.385 e. The molecule has 0 spiro atoms. The SMILES string of the molecule is NC(N)=NCC(C1=C[NH2+]C(N)=N1)C1N=C(N)NC1C1CN=C(N)N1.NC(N)=NCC(C1=C[NH2+]C(N)=N1)c1c[nH]c(N)c1. The summed E-state index contributed by atoms with van der Waals surface area (Å²) in [7, 11) is 0. The second-order valence-electron chi connectivity index (χ2n) is 9.82. The van der Waals surface area contributed by atoms with E-state index < -0.39 is 0 Å². The van der Waals surface area contributed by atoms with Crippen LogP contribution in [0.1, 0.15) is 11.5 Å². The van der Waals surface area contributed by atoms with Gasteiger partial charge in [0.05, 0.1) is 49.6 Å². The normalized spacial score (nSPS) is 23.9. The van der Waals surface area contributed by atoms with Crippen LogP contribution in [-0.4, -0.2) is 78.5 Å². The molecule has 0 amide bonds. The van der Waals surface area contributed by atoms with Gasteiger partial charge in [-0.15, -0.1) is 0 Å². The van der Waals surface area contributed by atoms with Crippen molar-refractivity contribution >= 4 is 41.6 Å². The van der Waals surface area contributed by atoms with Crippen LogP contribution in [0.3, 0.4) is 0 Å². The molecule has 5 heterocycles. The van der Waals surface area contributed by atoms with Crippen molar-refractivity contribution in [2.45, 2.75) is 24.0 Å². The number of hydrogen-bond donors (Lipinski definition) is 14. The monoisotopic (exact) mass is 584 g/mol. The van der Waals surface area contributed by atoms with Gasteiger partial charge in [0.25, 0.3) is 0 Å². The van der Waals surface area contributed by atoms with Gasteiger partial charge in [0.15, 0.2) is 23.8 Å². The first-order valence-corrected chi connectivity index (χ1v) is 13.0. The number of nitrogens with one attached hydrogen (secondary N) is 3. The Balaban J connectivity index is 0.000000201. The third-order valence-electron chi connectivity index (χ3n) is 6.77. The number of anilines is 1. The summed E-state index contributed by atoms with van der Waals surface area (Å²) < 4.78 is 0. The molecule has 20 nitrogen and oxygen atoms in total. The number of nitrogens with zero attached hydrogens (tertiary/aromatic N) is 6. The van der Waals surface area contributed by atoms with Crippen molar-refractivity contribution < 1.29 is 10.6 Å². The number of aliphatic imine (C=N–C) groups is 6. The van der Waals surface area contributed by atoms with E-state index in [1.54, 1.807) is 10.6 Å². The average Bonchev–Trinajstić information content (AvgIpc) is 3.75. The molecule has 1 aromatic rings. The van der Waals surface area contributed by atoms with Crippen LogP contribution in [0.15, 0.2) is 66.0 Å². The highest BCUT2D eigenvalue weighted by atomic mass is 15.3. The molecule has 1 aromatic heterocycles. The minimum absolute atomic E-state index is 0.00514. The number of rotatable bonds is 9. The molecule has 4 aliphatic heterocycles. The molecule has 226 valence electrons. The number of H-pyrrole nitrogens is 1. The summed E-state index contributed by atoms with van der Waals surface area (Å²) >= 11 is 0. The zero-order chi connectivity index (χ0) is 30.4. The predicted octanol–water partition coefficient (Wildman–Crippen LogP) is -7.76. The number of nitrogens with two attached hydrogens (primary N) is 11. The van der Waals surface area contributed by atoms with Crippen molar-refractivity contribution in [3.8, 4) is 0 Å². The van der Waals surface area contributed by atoms with Crippen LogP contribution < -0.4 is 72.9 Å². The maximum absolute atomic E-state index is 5.91. The van der Waals surface area contributed by atoms with Gasteiger partial charge in [-0.1, -0.05) is 0 Å². The zero-order valence-corrected chi connectivity index (χ0v) is 22.9. The summed E-state index contributed by atoms with van der Waals surface area (Å²) in [5, 5.41) is 9.78. The Bertz CT molecular complexity index is 1380. The topological polar surface area (TPSA) is 381 Å². The highest BCUT2D eigenvalue weighted by Gasteiger charge is 2.43. The van der Waals surface area contributed by atoms with E-state index in [1.165, 1.54) is 0 Å². The number of quaternary nitrogens is 2. The molecule has 0 fully saturated rings. The van der Waals surface area contributed by atoms with E-state index in [2.05, 4.69) is 45.6 Å². The number of hydrogen-bond acceptors (Lipinski definition) is 13. The van der Waals surface area contributed by atoms with Crippen LogP contribution in [0.5, 0.6) is 0 Å². The molecule has 42 heavy (non-hydrogen) atoms. The van der Waals surface area contributed by atoms with Gasteiger partial charge in [-0.2, -0.15) is 9.98 Å². The summed E-state index contributed by atoms with van der Waals surface area (Å²) in [6.07, 6.45) is 5.51. The summed E-state index contributed by atoms with van der Waals surface area (Å²) in [6.45, 7) is 1.26. The minimum atomic E-state index is -0.235. The standard InChI is InChI=1S/C12H22N12.C10H16N8/c13-9(14)18-1-4(5-2-19-10(15)21-5)7-8(24-12(17)23-7)6-3-20-11(16)22-6;11-8-1-5(2-15-8)6(3-16-9(12)13)7-4-17-10(14)18-7/h2,4,6-8H,1,3H2,(H4,13,14,18)(H3,15,19,21)(H3,16,20,22)(H3,17,23,24);1-2,4,6,15H,3,11H2,(H4,12,13,16)(H3,14,17,18)/p+2. The number of nitrogen functional groups attached to an aromatic ring is 1. The number of aromatic nitrogens is 1. The molecule has 5 atom stereocenters. The molecule has 4 aliphatic rings. The lowest BCUT2D eigenvalue weighted by Gasteiger charge is -2.28. The number of aromatic amines is 1. The molecular weight excluding hydrogens is 544 g/mol. The van der Waals surface area contributed by atoms with Gasteiger partial charge in [-0.05, 0) is 11.6 Å². The smallest absolute Gasteiger partial charge is 0.301 e. The highest BCUT2D eigenvalue weighted by Crippen LogP contribution is 2.28. The van der Waals surface area contributed by atoms with Crippen molar-refractivity contribution in [1.82, 2.24) is 15.6 Å². The Labute approximate surface area is 240 Å². The fraction of sp³-hybridized carbons (Fsp3) is 0.364. The third kappa shape index (κ3) is 7.37. The zero-order valence-electron chi connectivity index (χ0n) is 22.9. The van der Waals surface area contributed by atoms with Crippen molar-refractivity contribution in [3.63, 3.8) is 0 Å². The van der Waals surface area contributed by atoms with Crippen molar-refractivity contribution in [3.05, 3.63) is 41.6 Å². The quantitative estimate of drug-likeness (QED) is 0.0953. The molecule has 20 heteroatoms. The summed E-state index contributed by atoms with van der Waals surface area (Å²) in [6, 6.07) is 1.44. The molecule has 0 radical (unpaired) electrons. The Hall–Kier alpha value is -5.50. The summed E-state index contributed by atoms with van der Waals surface area (Å²) in [5.74, 6) is 2.04. The maximum atomic E-state index is 5.91. The van der Waals surface area contributed by atoms with E-state index in [1.807, 2.05) is 24.7 Å². The van der Waals surface area contributed by atoms with Crippen molar-refractivity contribution in [2.24, 2.45) is 81.7 Å². The second kappa shape index (κ2) is 12.8. The molecule has 0 aliphatic carbocycles. The van der Waals surface area contributed by atoms with Gasteiger partial charge in [0.1, 0.15) is 29.6 Å². The lowest BCUT2D eigenvalue weighted by Crippen LogP contribution is -2.83. The van der Waals surface area contributed by atoms with Crippen LogP contribution in [0.2, 0.25) is 0 Å². The van der Waals surface area contributed by atoms with Crippen LogP contribution in [0.4, 0.5) is 5.82 Å². The van der Waals surface area contributed by atoms with Crippen LogP contribution in [0, 0.1) is 5.92 Å². The van der Waals surface area contributed by atoms with E-state index in [4.69, 9.17) is 51.6 Å². The minimum Gasteiger partial charge on any atom is -0.385 e. The van der Waals surface area contributed by atoms with Crippen LogP contribution in [-0.2, 0) is 0 Å². The summed E-state index contributed by atoms with van der Waals surface area (Å²) in [4.78, 5) is 28.4. The molecule has 5 unspecified atom stereocenters.